The van der Waals surface area contributed by atoms with Gasteiger partial charge in [-0.25, -0.2) is 0 Å². The summed E-state index contributed by atoms with van der Waals surface area (Å²) in [6.07, 6.45) is 5.27. The fraction of sp³-hybridized carbons (Fsp3) is 0.700. The summed E-state index contributed by atoms with van der Waals surface area (Å²) >= 11 is 0. The molecular weight excluding hydrogens is 164 g/mol. The van der Waals surface area contributed by atoms with Crippen molar-refractivity contribution in [2.45, 2.75) is 32.8 Å². The van der Waals surface area contributed by atoms with E-state index >= 15 is 0 Å². The van der Waals surface area contributed by atoms with Gasteiger partial charge in [0, 0.05) is 18.8 Å². The van der Waals surface area contributed by atoms with Crippen LogP contribution in [-0.2, 0) is 7.05 Å². The average molecular weight is 182 g/mol. The highest BCUT2D eigenvalue weighted by Crippen LogP contribution is 2.26. The molecule has 1 N–H and O–H groups in total. The van der Waals surface area contributed by atoms with E-state index in [0.717, 1.165) is 18.4 Å². The van der Waals surface area contributed by atoms with E-state index in [1.54, 1.807) is 10.9 Å². The third-order valence-electron chi connectivity index (χ3n) is 2.56. The molecule has 0 aliphatic carbocycles. The van der Waals surface area contributed by atoms with Crippen molar-refractivity contribution in [3.8, 4) is 0 Å². The van der Waals surface area contributed by atoms with Crippen molar-refractivity contribution in [1.29, 1.82) is 0 Å². The molecule has 1 rings (SSSR count). The number of aliphatic hydroxyl groups is 1. The first kappa shape index (κ1) is 10.3. The lowest BCUT2D eigenvalue weighted by Gasteiger charge is -2.18. The van der Waals surface area contributed by atoms with E-state index in [0.29, 0.717) is 5.92 Å². The molecule has 0 aromatic carbocycles. The lowest BCUT2D eigenvalue weighted by molar-refractivity contribution is 0.103. The first-order valence-electron chi connectivity index (χ1n) is 4.85. The third-order valence-corrected chi connectivity index (χ3v) is 2.56. The van der Waals surface area contributed by atoms with Crippen molar-refractivity contribution < 1.29 is 5.11 Å². The second kappa shape index (κ2) is 4.42. The molecule has 0 saturated carbocycles. The van der Waals surface area contributed by atoms with E-state index in [4.69, 9.17) is 0 Å². The Hall–Kier alpha value is -0.830. The van der Waals surface area contributed by atoms with Gasteiger partial charge in [0.1, 0.15) is 0 Å². The van der Waals surface area contributed by atoms with Gasteiger partial charge in [0.15, 0.2) is 0 Å². The summed E-state index contributed by atoms with van der Waals surface area (Å²) in [5.41, 5.74) is 0.927. The zero-order chi connectivity index (χ0) is 9.84. The molecule has 3 nitrogen and oxygen atoms in total. The lowest BCUT2D eigenvalue weighted by atomic mass is 9.93. The van der Waals surface area contributed by atoms with Crippen LogP contribution < -0.4 is 0 Å². The summed E-state index contributed by atoms with van der Waals surface area (Å²) in [6.45, 7) is 4.21. The third kappa shape index (κ3) is 2.31. The highest BCUT2D eigenvalue weighted by molar-refractivity contribution is 5.08. The van der Waals surface area contributed by atoms with Gasteiger partial charge < -0.3 is 5.11 Å². The van der Waals surface area contributed by atoms with Gasteiger partial charge in [-0.15, -0.1) is 0 Å². The van der Waals surface area contributed by atoms with E-state index in [1.807, 2.05) is 13.2 Å². The van der Waals surface area contributed by atoms with Gasteiger partial charge in [-0.05, 0) is 5.92 Å². The maximum absolute atomic E-state index is 9.94. The van der Waals surface area contributed by atoms with Gasteiger partial charge in [-0.3, -0.25) is 4.68 Å². The highest BCUT2D eigenvalue weighted by Gasteiger charge is 2.18. The summed E-state index contributed by atoms with van der Waals surface area (Å²) in [5, 5.41) is 14.0. The molecule has 13 heavy (non-hydrogen) atoms. The minimum atomic E-state index is -0.358. The number of aryl methyl sites for hydroxylation is 1. The Morgan fingerprint density at radius 1 is 1.46 bits per heavy atom. The minimum Gasteiger partial charge on any atom is -0.388 e. The van der Waals surface area contributed by atoms with E-state index in [1.165, 1.54) is 0 Å². The van der Waals surface area contributed by atoms with Crippen molar-refractivity contribution in [2.24, 2.45) is 13.0 Å². The molecule has 1 aromatic heterocycles. The Bertz CT molecular complexity index is 253. The summed E-state index contributed by atoms with van der Waals surface area (Å²) in [5.74, 6) is 0.351. The van der Waals surface area contributed by atoms with Crippen LogP contribution in [0.4, 0.5) is 0 Å². The summed E-state index contributed by atoms with van der Waals surface area (Å²) in [4.78, 5) is 0. The van der Waals surface area contributed by atoms with Gasteiger partial charge in [0.2, 0.25) is 0 Å². The lowest BCUT2D eigenvalue weighted by Crippen LogP contribution is -2.10. The van der Waals surface area contributed by atoms with Crippen LogP contribution in [0.25, 0.3) is 0 Å². The second-order valence-corrected chi connectivity index (χ2v) is 3.47. The monoisotopic (exact) mass is 182 g/mol. The molecule has 0 amide bonds. The molecule has 0 bridgehead atoms. The zero-order valence-electron chi connectivity index (χ0n) is 8.57. The molecule has 0 saturated heterocycles. The largest absolute Gasteiger partial charge is 0.388 e. The molecule has 0 fully saturated rings. The Morgan fingerprint density at radius 3 is 2.46 bits per heavy atom. The van der Waals surface area contributed by atoms with Gasteiger partial charge >= 0.3 is 0 Å². The van der Waals surface area contributed by atoms with Crippen molar-refractivity contribution in [3.05, 3.63) is 18.0 Å². The molecule has 3 heteroatoms. The fourth-order valence-electron chi connectivity index (χ4n) is 1.60. The molecular formula is C10H18N2O. The number of hydrogen-bond donors (Lipinski definition) is 1. The number of rotatable bonds is 4. The van der Waals surface area contributed by atoms with E-state index in [2.05, 4.69) is 18.9 Å². The fourth-order valence-corrected chi connectivity index (χ4v) is 1.60. The zero-order valence-corrected chi connectivity index (χ0v) is 8.57. The van der Waals surface area contributed by atoms with Gasteiger partial charge in [0.05, 0.1) is 12.3 Å². The topological polar surface area (TPSA) is 38.1 Å². The van der Waals surface area contributed by atoms with Crippen LogP contribution in [0.5, 0.6) is 0 Å². The number of nitrogens with zero attached hydrogens (tertiary/aromatic N) is 2. The van der Waals surface area contributed by atoms with Gasteiger partial charge in [0.25, 0.3) is 0 Å². The summed E-state index contributed by atoms with van der Waals surface area (Å²) in [7, 11) is 1.86. The first-order valence-corrected chi connectivity index (χ1v) is 4.85. The van der Waals surface area contributed by atoms with Crippen molar-refractivity contribution in [3.63, 3.8) is 0 Å². The van der Waals surface area contributed by atoms with E-state index in [-0.39, 0.29) is 6.10 Å². The van der Waals surface area contributed by atoms with Crippen molar-refractivity contribution >= 4 is 0 Å². The normalized spacial score (nSPS) is 13.6. The molecule has 1 unspecified atom stereocenters. The Kier molecular flexibility index (Phi) is 3.48. The van der Waals surface area contributed by atoms with Crippen LogP contribution in [0.2, 0.25) is 0 Å². The SMILES string of the molecule is CCC(CC)C(O)c1cnn(C)c1. The van der Waals surface area contributed by atoms with Crippen LogP contribution in [-0.4, -0.2) is 14.9 Å². The predicted octanol–water partition coefficient (Wildman–Crippen LogP) is 1.89. The Balaban J connectivity index is 2.71. The molecule has 0 aliphatic heterocycles. The van der Waals surface area contributed by atoms with Crippen LogP contribution in [0.1, 0.15) is 38.4 Å². The minimum absolute atomic E-state index is 0.351. The predicted molar refractivity (Wildman–Crippen MR) is 52.2 cm³/mol. The molecule has 74 valence electrons. The van der Waals surface area contributed by atoms with E-state index < -0.39 is 0 Å². The van der Waals surface area contributed by atoms with Crippen LogP contribution in [0, 0.1) is 5.92 Å². The molecule has 0 aliphatic rings. The molecule has 0 radical (unpaired) electrons. The Morgan fingerprint density at radius 2 is 2.08 bits per heavy atom. The Labute approximate surface area is 79.4 Å². The van der Waals surface area contributed by atoms with Gasteiger partial charge in [-0.1, -0.05) is 26.7 Å². The van der Waals surface area contributed by atoms with Gasteiger partial charge in [-0.2, -0.15) is 5.10 Å². The smallest absolute Gasteiger partial charge is 0.0848 e. The molecule has 0 spiro atoms. The molecule has 1 aromatic rings. The van der Waals surface area contributed by atoms with Crippen molar-refractivity contribution in [1.82, 2.24) is 9.78 Å². The highest BCUT2D eigenvalue weighted by atomic mass is 16.3. The maximum Gasteiger partial charge on any atom is 0.0848 e. The quantitative estimate of drug-likeness (QED) is 0.772. The molecule has 1 atom stereocenters. The molecule has 1 heterocycles. The summed E-state index contributed by atoms with van der Waals surface area (Å²) in [6, 6.07) is 0. The van der Waals surface area contributed by atoms with E-state index in [9.17, 15) is 5.11 Å². The number of hydrogen-bond acceptors (Lipinski definition) is 2. The van der Waals surface area contributed by atoms with Crippen molar-refractivity contribution in [2.75, 3.05) is 0 Å². The standard InChI is InChI=1S/C10H18N2O/c1-4-8(5-2)10(13)9-6-11-12(3)7-9/h6-8,10,13H,4-5H2,1-3H3. The van der Waals surface area contributed by atoms with Crippen LogP contribution in [0.3, 0.4) is 0 Å². The van der Waals surface area contributed by atoms with Crippen LogP contribution in [0.15, 0.2) is 12.4 Å². The number of aliphatic hydroxyl groups excluding tert-OH is 1. The maximum atomic E-state index is 9.94. The first-order chi connectivity index (χ1) is 6.19. The summed E-state index contributed by atoms with van der Waals surface area (Å²) < 4.78 is 1.72. The van der Waals surface area contributed by atoms with Crippen LogP contribution >= 0.6 is 0 Å². The second-order valence-electron chi connectivity index (χ2n) is 3.47. The number of aromatic nitrogens is 2. The average Bonchev–Trinajstić information content (AvgIpc) is 2.54.